The van der Waals surface area contributed by atoms with E-state index in [1.807, 2.05) is 80.6 Å². The number of benzene rings is 2. The molecule has 2 saturated heterocycles. The van der Waals surface area contributed by atoms with Crippen LogP contribution in [-0.4, -0.2) is 106 Å². The zero-order chi connectivity index (χ0) is 49.5. The fraction of sp³-hybridized carbons (Fsp3) is 0.212. The van der Waals surface area contributed by atoms with Gasteiger partial charge in [-0.1, -0.05) is 47.5 Å². The van der Waals surface area contributed by atoms with Gasteiger partial charge >= 0.3 is 0 Å². The molecule has 0 bridgehead atoms. The Balaban J connectivity index is 0.000000167. The summed E-state index contributed by atoms with van der Waals surface area (Å²) in [5.74, 6) is 3.55. The van der Waals surface area contributed by atoms with Gasteiger partial charge in [-0.15, -0.1) is 0 Å². The molecule has 2 aliphatic heterocycles. The van der Waals surface area contributed by atoms with Crippen LogP contribution in [-0.2, 0) is 9.59 Å². The number of amides is 2. The molecule has 0 aliphatic carbocycles. The van der Waals surface area contributed by atoms with Crippen LogP contribution in [0, 0.1) is 36.5 Å². The number of nitrogens with zero attached hydrogens (tertiary/aromatic N) is 10. The topological polar surface area (TPSA) is 257 Å². The van der Waals surface area contributed by atoms with Crippen LogP contribution in [0.5, 0.6) is 23.0 Å². The molecule has 356 valence electrons. The first-order valence-electron chi connectivity index (χ1n) is 22.7. The highest BCUT2D eigenvalue weighted by atomic mass is 16.5. The van der Waals surface area contributed by atoms with Crippen molar-refractivity contribution in [1.29, 1.82) is 10.5 Å². The molecule has 0 radical (unpaired) electrons. The number of carbonyl (C=O) groups excluding carboxylic acids is 3. The smallest absolute Gasteiger partial charge is 0.264 e. The SMILES string of the molecule is Cc1ccc(Oc2ccnc3[nH]nc(N[C@@H]4CCN(C(=O)/C(C#N)=C/c5ccccn5)C4)c23)cc1.Cc1ccc(Oc2ccnc3[nH]nc(N[C@@H]4CCN(C(=O)CC#N)C4)c23)cc1.O=Cc1ccccn1. The van der Waals surface area contributed by atoms with Gasteiger partial charge in [0, 0.05) is 75.2 Å². The van der Waals surface area contributed by atoms with Crippen molar-refractivity contribution < 1.29 is 23.9 Å². The Labute approximate surface area is 408 Å². The van der Waals surface area contributed by atoms with Crippen molar-refractivity contribution >= 4 is 57.9 Å². The molecule has 0 spiro atoms. The van der Waals surface area contributed by atoms with Crippen LogP contribution >= 0.6 is 0 Å². The van der Waals surface area contributed by atoms with Crippen LogP contribution in [0.15, 0.2) is 127 Å². The van der Waals surface area contributed by atoms with Crippen molar-refractivity contribution in [1.82, 2.24) is 50.1 Å². The Kier molecular flexibility index (Phi) is 15.5. The van der Waals surface area contributed by atoms with E-state index in [-0.39, 0.29) is 35.9 Å². The summed E-state index contributed by atoms with van der Waals surface area (Å²) in [5.41, 5.74) is 4.66. The maximum absolute atomic E-state index is 13.0. The Bertz CT molecular complexity index is 3220. The lowest BCUT2D eigenvalue weighted by Gasteiger charge is -2.17. The molecule has 19 nitrogen and oxygen atoms in total. The predicted octanol–water partition coefficient (Wildman–Crippen LogP) is 7.95. The maximum Gasteiger partial charge on any atom is 0.264 e. The van der Waals surface area contributed by atoms with Crippen molar-refractivity contribution in [3.63, 3.8) is 0 Å². The zero-order valence-electron chi connectivity index (χ0n) is 38.8. The predicted molar refractivity (Wildman–Crippen MR) is 265 cm³/mol. The number of hydrogen-bond donors (Lipinski definition) is 4. The lowest BCUT2D eigenvalue weighted by molar-refractivity contribution is -0.129. The number of nitriles is 2. The fourth-order valence-corrected chi connectivity index (χ4v) is 7.79. The third-order valence-electron chi connectivity index (χ3n) is 11.4. The van der Waals surface area contributed by atoms with E-state index in [0.29, 0.717) is 72.0 Å². The quantitative estimate of drug-likeness (QED) is 0.0515. The standard InChI is InChI=1S/C26H23N7O2.C20H20N6O2.C6H5NO/c1-17-5-7-21(8-6-17)35-22-9-12-29-24-23(22)25(32-31-24)30-20-10-13-33(16-20)26(34)18(15-27)14-19-4-2-3-11-28-19;1-13-2-4-15(5-3-13)28-16-7-10-22-19-18(16)20(25-24-19)23-14-8-11-26(12-14)17(27)6-9-21;8-5-6-3-1-2-4-7-6/h2-9,11-12,14,20H,10,13,16H2,1H3,(H2,29,30,31,32);2-5,7,10,14H,6,8,11-12H2,1H3,(H2,22,23,24,25);1-5H/b18-14+;;/t20-;14-;/m11./s1. The highest BCUT2D eigenvalue weighted by Gasteiger charge is 2.30. The number of ether oxygens (including phenoxy) is 2. The molecule has 8 aromatic rings. The Morgan fingerprint density at radius 1 is 0.676 bits per heavy atom. The summed E-state index contributed by atoms with van der Waals surface area (Å²) >= 11 is 0. The second-order valence-corrected chi connectivity index (χ2v) is 16.5. The minimum absolute atomic E-state index is 0.0346. The largest absolute Gasteiger partial charge is 0.456 e. The van der Waals surface area contributed by atoms with Crippen LogP contribution in [0.25, 0.3) is 28.1 Å². The number of hydrogen-bond acceptors (Lipinski definition) is 15. The Hall–Kier alpha value is -9.49. The molecule has 4 N–H and O–H groups in total. The molecular formula is C52H48N14O5. The third kappa shape index (κ3) is 12.4. The monoisotopic (exact) mass is 948 g/mol. The van der Waals surface area contributed by atoms with Gasteiger partial charge in [0.15, 0.2) is 29.2 Å². The average molecular weight is 949 g/mol. The summed E-state index contributed by atoms with van der Waals surface area (Å²) in [6, 6.07) is 33.8. The second-order valence-electron chi connectivity index (χ2n) is 16.5. The number of nitrogens with one attached hydrogen (secondary N) is 4. The molecule has 2 aliphatic rings. The van der Waals surface area contributed by atoms with Crippen LogP contribution < -0.4 is 20.1 Å². The molecule has 0 unspecified atom stereocenters. The number of aryl methyl sites for hydroxylation is 2. The van der Waals surface area contributed by atoms with Gasteiger partial charge in [-0.05, 0) is 81.3 Å². The van der Waals surface area contributed by atoms with E-state index >= 15 is 0 Å². The summed E-state index contributed by atoms with van der Waals surface area (Å²) in [4.78, 5) is 54.8. The molecular weight excluding hydrogens is 901 g/mol. The molecule has 2 fully saturated rings. The number of aldehydes is 1. The van der Waals surface area contributed by atoms with Gasteiger partial charge in [0.25, 0.3) is 5.91 Å². The third-order valence-corrected chi connectivity index (χ3v) is 11.4. The molecule has 6 aromatic heterocycles. The number of fused-ring (bicyclic) bond motifs is 2. The minimum atomic E-state index is -0.306. The van der Waals surface area contributed by atoms with Crippen LogP contribution in [0.1, 0.15) is 46.6 Å². The normalized spacial score (nSPS) is 15.1. The molecule has 2 atom stereocenters. The number of H-pyrrole nitrogens is 2. The summed E-state index contributed by atoms with van der Waals surface area (Å²) in [7, 11) is 0. The number of aromatic nitrogens is 8. The number of aromatic amines is 2. The van der Waals surface area contributed by atoms with Gasteiger partial charge in [0.1, 0.15) is 57.5 Å². The molecule has 8 heterocycles. The highest BCUT2D eigenvalue weighted by molar-refractivity contribution is 6.02. The maximum atomic E-state index is 13.0. The van der Waals surface area contributed by atoms with E-state index in [4.69, 9.17) is 14.7 Å². The summed E-state index contributed by atoms with van der Waals surface area (Å²) in [6.45, 7) is 6.21. The van der Waals surface area contributed by atoms with E-state index in [0.717, 1.165) is 52.5 Å². The van der Waals surface area contributed by atoms with Gasteiger partial charge in [-0.2, -0.15) is 20.7 Å². The molecule has 19 heteroatoms. The van der Waals surface area contributed by atoms with Crippen molar-refractivity contribution in [2.24, 2.45) is 0 Å². The first kappa shape index (κ1) is 48.0. The highest BCUT2D eigenvalue weighted by Crippen LogP contribution is 2.35. The van der Waals surface area contributed by atoms with Crippen molar-refractivity contribution in [2.75, 3.05) is 36.8 Å². The van der Waals surface area contributed by atoms with Crippen molar-refractivity contribution in [3.8, 4) is 35.1 Å². The summed E-state index contributed by atoms with van der Waals surface area (Å²) in [5, 5.41) is 41.2. The Morgan fingerprint density at radius 2 is 1.18 bits per heavy atom. The summed E-state index contributed by atoms with van der Waals surface area (Å²) in [6.07, 6.45) is 10.2. The molecule has 2 amide bonds. The van der Waals surface area contributed by atoms with Gasteiger partial charge in [-0.25, -0.2) is 9.97 Å². The fourth-order valence-electron chi connectivity index (χ4n) is 7.79. The van der Waals surface area contributed by atoms with Gasteiger partial charge in [0.2, 0.25) is 5.91 Å². The zero-order valence-corrected chi connectivity index (χ0v) is 38.8. The molecule has 2 aromatic carbocycles. The molecule has 10 rings (SSSR count). The molecule has 0 saturated carbocycles. The van der Waals surface area contributed by atoms with E-state index in [1.165, 1.54) is 6.08 Å². The van der Waals surface area contributed by atoms with Crippen LogP contribution in [0.4, 0.5) is 11.6 Å². The lowest BCUT2D eigenvalue weighted by atomic mass is 10.2. The van der Waals surface area contributed by atoms with Crippen molar-refractivity contribution in [3.05, 3.63) is 150 Å². The summed E-state index contributed by atoms with van der Waals surface area (Å²) < 4.78 is 12.2. The number of pyridine rings is 4. The number of carbonyl (C=O) groups is 3. The van der Waals surface area contributed by atoms with Crippen LogP contribution in [0.3, 0.4) is 0 Å². The van der Waals surface area contributed by atoms with E-state index in [1.54, 1.807) is 77.1 Å². The van der Waals surface area contributed by atoms with Gasteiger partial charge in [-0.3, -0.25) is 34.5 Å². The van der Waals surface area contributed by atoms with Gasteiger partial charge < -0.3 is 29.9 Å². The first-order chi connectivity index (χ1) is 34.7. The van der Waals surface area contributed by atoms with Crippen LogP contribution in [0.2, 0.25) is 0 Å². The number of likely N-dealkylation sites (tertiary alicyclic amines) is 2. The molecule has 71 heavy (non-hydrogen) atoms. The number of rotatable bonds is 12. The average Bonchev–Trinajstić information content (AvgIpc) is 4.24. The van der Waals surface area contributed by atoms with E-state index in [2.05, 4.69) is 51.0 Å². The Morgan fingerprint density at radius 3 is 1.65 bits per heavy atom. The van der Waals surface area contributed by atoms with Gasteiger partial charge in [0.05, 0.1) is 11.8 Å². The van der Waals surface area contributed by atoms with Crippen molar-refractivity contribution in [2.45, 2.75) is 45.2 Å². The first-order valence-corrected chi connectivity index (χ1v) is 22.7. The van der Waals surface area contributed by atoms with E-state index < -0.39 is 0 Å². The lowest BCUT2D eigenvalue weighted by Crippen LogP contribution is -2.32. The second kappa shape index (κ2) is 23.0. The number of anilines is 2. The minimum Gasteiger partial charge on any atom is -0.456 e. The van der Waals surface area contributed by atoms with E-state index in [9.17, 15) is 19.6 Å².